The van der Waals surface area contributed by atoms with Crippen molar-refractivity contribution in [2.45, 2.75) is 57.4 Å². The molecule has 0 aromatic heterocycles. The highest BCUT2D eigenvalue weighted by Gasteiger charge is 2.45. The van der Waals surface area contributed by atoms with Crippen LogP contribution in [0.2, 0.25) is 0 Å². The van der Waals surface area contributed by atoms with E-state index in [0.717, 1.165) is 25.7 Å². The summed E-state index contributed by atoms with van der Waals surface area (Å²) in [5.74, 6) is 0.444. The zero-order valence-corrected chi connectivity index (χ0v) is 10.4. The number of rotatable bonds is 2. The maximum atomic E-state index is 11.9. The Balaban J connectivity index is 2.21. The molecule has 1 aliphatic heterocycles. The number of nitrogens with zero attached hydrogens (tertiary/aromatic N) is 1. The van der Waals surface area contributed by atoms with Crippen LogP contribution in [0, 0.1) is 5.92 Å². The van der Waals surface area contributed by atoms with Gasteiger partial charge in [-0.15, -0.1) is 0 Å². The molecule has 0 bridgehead atoms. The van der Waals surface area contributed by atoms with Crippen molar-refractivity contribution in [3.63, 3.8) is 0 Å². The predicted molar refractivity (Wildman–Crippen MR) is 63.2 cm³/mol. The number of amides is 2. The van der Waals surface area contributed by atoms with Gasteiger partial charge in [0.2, 0.25) is 11.8 Å². The molecule has 1 saturated heterocycles. The highest BCUT2D eigenvalue weighted by atomic mass is 16.3. The van der Waals surface area contributed by atoms with Gasteiger partial charge in [-0.3, -0.25) is 14.5 Å². The largest absolute Gasteiger partial charge is 0.394 e. The van der Waals surface area contributed by atoms with Crippen LogP contribution in [0.25, 0.3) is 0 Å². The van der Waals surface area contributed by atoms with Crippen molar-refractivity contribution in [1.29, 1.82) is 0 Å². The van der Waals surface area contributed by atoms with Gasteiger partial charge in [0, 0.05) is 12.8 Å². The highest BCUT2D eigenvalue weighted by molar-refractivity contribution is 5.98. The fourth-order valence-electron chi connectivity index (χ4n) is 3.03. The quantitative estimate of drug-likeness (QED) is 0.742. The van der Waals surface area contributed by atoms with Crippen molar-refractivity contribution in [3.8, 4) is 0 Å². The summed E-state index contributed by atoms with van der Waals surface area (Å²) in [5.41, 5.74) is -0.596. The van der Waals surface area contributed by atoms with E-state index in [-0.39, 0.29) is 18.4 Å². The van der Waals surface area contributed by atoms with E-state index in [0.29, 0.717) is 25.2 Å². The Labute approximate surface area is 102 Å². The molecule has 0 atom stereocenters. The summed E-state index contributed by atoms with van der Waals surface area (Å²) in [6, 6.07) is 0. The zero-order chi connectivity index (χ0) is 12.5. The van der Waals surface area contributed by atoms with Crippen molar-refractivity contribution >= 4 is 11.8 Å². The molecule has 2 fully saturated rings. The summed E-state index contributed by atoms with van der Waals surface area (Å²) < 4.78 is 0. The summed E-state index contributed by atoms with van der Waals surface area (Å²) in [4.78, 5) is 25.3. The van der Waals surface area contributed by atoms with Gasteiger partial charge in [0.05, 0.1) is 12.1 Å². The van der Waals surface area contributed by atoms with Crippen molar-refractivity contribution in [3.05, 3.63) is 0 Å². The van der Waals surface area contributed by atoms with Crippen LogP contribution in [0.15, 0.2) is 0 Å². The van der Waals surface area contributed by atoms with E-state index in [9.17, 15) is 14.7 Å². The summed E-state index contributed by atoms with van der Waals surface area (Å²) in [5, 5.41) is 9.67. The van der Waals surface area contributed by atoms with Gasteiger partial charge in [-0.05, 0) is 38.0 Å². The molecule has 4 heteroatoms. The molecular formula is C13H21NO3. The van der Waals surface area contributed by atoms with E-state index in [4.69, 9.17) is 0 Å². The first-order valence-electron chi connectivity index (χ1n) is 6.56. The van der Waals surface area contributed by atoms with Crippen LogP contribution >= 0.6 is 0 Å². The minimum Gasteiger partial charge on any atom is -0.394 e. The molecule has 1 heterocycles. The average molecular weight is 239 g/mol. The molecule has 1 N–H and O–H groups in total. The molecule has 2 amide bonds. The van der Waals surface area contributed by atoms with E-state index in [2.05, 4.69) is 6.92 Å². The SMILES string of the molecule is CC1CCC(CO)(N2C(=O)CCCC2=O)CC1. The Morgan fingerprint density at radius 2 is 1.76 bits per heavy atom. The van der Waals surface area contributed by atoms with Crippen LogP contribution in [0.4, 0.5) is 0 Å². The Kier molecular flexibility index (Phi) is 3.52. The molecule has 0 radical (unpaired) electrons. The van der Waals surface area contributed by atoms with Gasteiger partial charge in [0.1, 0.15) is 0 Å². The van der Waals surface area contributed by atoms with Gasteiger partial charge in [-0.2, -0.15) is 0 Å². The first-order valence-corrected chi connectivity index (χ1v) is 6.56. The lowest BCUT2D eigenvalue weighted by molar-refractivity contribution is -0.160. The molecule has 0 spiro atoms. The fourth-order valence-corrected chi connectivity index (χ4v) is 3.03. The summed E-state index contributed by atoms with van der Waals surface area (Å²) in [6.45, 7) is 2.10. The third-order valence-corrected chi connectivity index (χ3v) is 4.25. The van der Waals surface area contributed by atoms with Crippen LogP contribution in [0.1, 0.15) is 51.9 Å². The third-order valence-electron chi connectivity index (χ3n) is 4.25. The molecule has 96 valence electrons. The van der Waals surface area contributed by atoms with Crippen LogP contribution in [-0.2, 0) is 9.59 Å². The van der Waals surface area contributed by atoms with E-state index >= 15 is 0 Å². The number of carbonyl (C=O) groups is 2. The van der Waals surface area contributed by atoms with Gasteiger partial charge in [-0.25, -0.2) is 0 Å². The summed E-state index contributed by atoms with van der Waals surface area (Å²) in [7, 11) is 0. The van der Waals surface area contributed by atoms with Crippen molar-refractivity contribution in [2.75, 3.05) is 6.61 Å². The van der Waals surface area contributed by atoms with Crippen LogP contribution in [0.3, 0.4) is 0 Å². The number of likely N-dealkylation sites (tertiary alicyclic amines) is 1. The topological polar surface area (TPSA) is 57.6 Å². The van der Waals surface area contributed by atoms with Crippen molar-refractivity contribution < 1.29 is 14.7 Å². The smallest absolute Gasteiger partial charge is 0.229 e. The van der Waals surface area contributed by atoms with Gasteiger partial charge in [0.15, 0.2) is 0 Å². The number of aliphatic hydroxyl groups is 1. The Hall–Kier alpha value is -0.900. The maximum Gasteiger partial charge on any atom is 0.229 e. The van der Waals surface area contributed by atoms with E-state index in [1.54, 1.807) is 0 Å². The third kappa shape index (κ3) is 2.23. The Morgan fingerprint density at radius 3 is 2.24 bits per heavy atom. The standard InChI is InChI=1S/C13H21NO3/c1-10-5-7-13(9-15,8-6-10)14-11(16)3-2-4-12(14)17/h10,15H,2-9H2,1H3. The maximum absolute atomic E-state index is 11.9. The second-order valence-corrected chi connectivity index (χ2v) is 5.54. The number of hydrogen-bond donors (Lipinski definition) is 1. The number of aliphatic hydroxyl groups excluding tert-OH is 1. The first-order chi connectivity index (χ1) is 8.09. The van der Waals surface area contributed by atoms with Crippen molar-refractivity contribution in [2.24, 2.45) is 5.92 Å². The average Bonchev–Trinajstić information content (AvgIpc) is 2.32. The molecule has 2 rings (SSSR count). The van der Waals surface area contributed by atoms with Crippen LogP contribution in [-0.4, -0.2) is 34.0 Å². The van der Waals surface area contributed by atoms with Crippen LogP contribution < -0.4 is 0 Å². The van der Waals surface area contributed by atoms with Gasteiger partial charge < -0.3 is 5.11 Å². The predicted octanol–water partition coefficient (Wildman–Crippen LogP) is 1.47. The second kappa shape index (κ2) is 4.77. The number of imide groups is 1. The van der Waals surface area contributed by atoms with Crippen molar-refractivity contribution in [1.82, 2.24) is 4.90 Å². The molecule has 2 aliphatic rings. The summed E-state index contributed by atoms with van der Waals surface area (Å²) >= 11 is 0. The van der Waals surface area contributed by atoms with Gasteiger partial charge in [0.25, 0.3) is 0 Å². The summed E-state index contributed by atoms with van der Waals surface area (Å²) in [6.07, 6.45) is 5.03. The van der Waals surface area contributed by atoms with E-state index in [1.807, 2.05) is 0 Å². The molecule has 0 aromatic rings. The van der Waals surface area contributed by atoms with Gasteiger partial charge >= 0.3 is 0 Å². The normalized spacial score (nSPS) is 35.2. The van der Waals surface area contributed by atoms with E-state index < -0.39 is 5.54 Å². The minimum atomic E-state index is -0.596. The fraction of sp³-hybridized carbons (Fsp3) is 0.846. The lowest BCUT2D eigenvalue weighted by Gasteiger charge is -2.46. The Morgan fingerprint density at radius 1 is 1.24 bits per heavy atom. The second-order valence-electron chi connectivity index (χ2n) is 5.54. The molecule has 0 aromatic carbocycles. The first kappa shape index (κ1) is 12.6. The monoisotopic (exact) mass is 239 g/mol. The van der Waals surface area contributed by atoms with Gasteiger partial charge in [-0.1, -0.05) is 6.92 Å². The molecule has 0 unspecified atom stereocenters. The Bertz CT molecular complexity index is 303. The molecule has 17 heavy (non-hydrogen) atoms. The number of hydrogen-bond acceptors (Lipinski definition) is 3. The minimum absolute atomic E-state index is 0.0861. The molecule has 1 saturated carbocycles. The lowest BCUT2D eigenvalue weighted by Crippen LogP contribution is -2.59. The van der Waals surface area contributed by atoms with Crippen LogP contribution in [0.5, 0.6) is 0 Å². The molecular weight excluding hydrogens is 218 g/mol. The lowest BCUT2D eigenvalue weighted by atomic mass is 9.75. The molecule has 1 aliphatic carbocycles. The number of piperidine rings is 1. The highest BCUT2D eigenvalue weighted by Crippen LogP contribution is 2.38. The molecule has 4 nitrogen and oxygen atoms in total. The van der Waals surface area contributed by atoms with E-state index in [1.165, 1.54) is 4.90 Å². The zero-order valence-electron chi connectivity index (χ0n) is 10.4. The number of carbonyl (C=O) groups excluding carboxylic acids is 2.